The Balaban J connectivity index is 1.29. The number of rotatable bonds is 9. The van der Waals surface area contributed by atoms with Crippen molar-refractivity contribution in [3.8, 4) is 33.9 Å². The molecule has 2 aromatic carbocycles. The van der Waals surface area contributed by atoms with Gasteiger partial charge >= 0.3 is 0 Å². The Hall–Kier alpha value is -4.90. The van der Waals surface area contributed by atoms with Gasteiger partial charge in [-0.05, 0) is 82.1 Å². The van der Waals surface area contributed by atoms with Crippen LogP contribution in [0.1, 0.15) is 54.1 Å². The summed E-state index contributed by atoms with van der Waals surface area (Å²) in [4.78, 5) is 39.0. The lowest BCUT2D eigenvalue weighted by Crippen LogP contribution is -2.41. The Morgan fingerprint density at radius 2 is 1.84 bits per heavy atom. The first kappa shape index (κ1) is 29.2. The van der Waals surface area contributed by atoms with Gasteiger partial charge in [-0.15, -0.1) is 0 Å². The van der Waals surface area contributed by atoms with E-state index in [1.165, 1.54) is 31.2 Å². The molecular weight excluding hydrogens is 565 g/mol. The quantitative estimate of drug-likeness (QED) is 0.262. The summed E-state index contributed by atoms with van der Waals surface area (Å²) in [5, 5.41) is 14.4. The van der Waals surface area contributed by atoms with Crippen LogP contribution in [0, 0.1) is 12.7 Å². The summed E-state index contributed by atoms with van der Waals surface area (Å²) in [5.41, 5.74) is 6.28. The molecule has 10 nitrogen and oxygen atoms in total. The topological polar surface area (TPSA) is 150 Å². The molecule has 4 N–H and O–H groups in total. The van der Waals surface area contributed by atoms with Gasteiger partial charge < -0.3 is 25.6 Å². The average molecular weight is 598 g/mol. The van der Waals surface area contributed by atoms with Gasteiger partial charge in [0.1, 0.15) is 46.5 Å². The van der Waals surface area contributed by atoms with Gasteiger partial charge in [-0.3, -0.25) is 9.59 Å². The molecular formula is C33H32FN5O5. The van der Waals surface area contributed by atoms with E-state index >= 15 is 0 Å². The number of hydrogen-bond donors (Lipinski definition) is 3. The highest BCUT2D eigenvalue weighted by atomic mass is 19.1. The van der Waals surface area contributed by atoms with E-state index in [-0.39, 0.29) is 24.9 Å². The monoisotopic (exact) mass is 597 g/mol. The number of aromatic nitrogens is 3. The summed E-state index contributed by atoms with van der Waals surface area (Å²) in [6.45, 7) is 4.76. The molecule has 1 aliphatic heterocycles. The van der Waals surface area contributed by atoms with Crippen molar-refractivity contribution in [2.75, 3.05) is 13.2 Å². The van der Waals surface area contributed by atoms with E-state index < -0.39 is 28.6 Å². The van der Waals surface area contributed by atoms with E-state index in [1.807, 2.05) is 0 Å². The van der Waals surface area contributed by atoms with Crippen molar-refractivity contribution in [3.05, 3.63) is 89.4 Å². The van der Waals surface area contributed by atoms with Gasteiger partial charge in [0.2, 0.25) is 5.91 Å². The van der Waals surface area contributed by atoms with E-state index in [2.05, 4.69) is 20.3 Å². The molecule has 2 atom stereocenters. The number of halogens is 1. The van der Waals surface area contributed by atoms with Crippen molar-refractivity contribution < 1.29 is 28.6 Å². The van der Waals surface area contributed by atoms with Crippen LogP contribution in [-0.2, 0) is 15.8 Å². The predicted molar refractivity (Wildman–Crippen MR) is 159 cm³/mol. The minimum atomic E-state index is -1.67. The number of carbonyl (C=O) groups excluding carboxylic acids is 2. The number of nitrogens with one attached hydrogen (secondary N) is 1. The Labute approximate surface area is 253 Å². The molecule has 0 bridgehead atoms. The van der Waals surface area contributed by atoms with Gasteiger partial charge in [0.05, 0.1) is 18.3 Å². The van der Waals surface area contributed by atoms with Crippen LogP contribution in [-0.4, -0.2) is 51.1 Å². The summed E-state index contributed by atoms with van der Waals surface area (Å²) in [5.74, 6) is 0.0816. The highest BCUT2D eigenvalue weighted by Crippen LogP contribution is 2.45. The molecule has 0 saturated heterocycles. The predicted octanol–water partition coefficient (Wildman–Crippen LogP) is 3.97. The van der Waals surface area contributed by atoms with Crippen molar-refractivity contribution in [1.29, 1.82) is 0 Å². The number of ether oxygens (including phenoxy) is 2. The number of pyridine rings is 1. The van der Waals surface area contributed by atoms with E-state index in [1.54, 1.807) is 50.5 Å². The zero-order valence-electron chi connectivity index (χ0n) is 24.6. The molecule has 0 radical (unpaired) electrons. The minimum absolute atomic E-state index is 0.00809. The van der Waals surface area contributed by atoms with E-state index in [9.17, 15) is 19.1 Å². The maximum absolute atomic E-state index is 13.7. The van der Waals surface area contributed by atoms with Crippen molar-refractivity contribution in [2.24, 2.45) is 5.73 Å². The number of amides is 2. The number of hydrogen-bond acceptors (Lipinski definition) is 8. The first-order valence-corrected chi connectivity index (χ1v) is 14.3. The molecule has 2 amide bonds. The molecule has 1 fully saturated rings. The number of aliphatic hydroxyl groups is 1. The van der Waals surface area contributed by atoms with E-state index in [4.69, 9.17) is 15.2 Å². The highest BCUT2D eigenvalue weighted by molar-refractivity contribution is 5.95. The normalized spacial score (nSPS) is 18.6. The van der Waals surface area contributed by atoms with Gasteiger partial charge in [0.15, 0.2) is 0 Å². The minimum Gasteiger partial charge on any atom is -0.490 e. The van der Waals surface area contributed by atoms with E-state index in [0.29, 0.717) is 39.7 Å². The van der Waals surface area contributed by atoms with Crippen molar-refractivity contribution >= 4 is 11.8 Å². The standard InChI is InChI=1S/C33H32FN5O5/c1-18-36-14-21(15-37-18)24-11-6-20(12-26(24)44-23-9-10-23)30(40)38-16-33(3,42)27-13-25-29(43-17-32(25,2)31(35)41)28(39-27)19-4-7-22(34)8-5-19/h4-8,11-15,23,42H,9-10,16-17H2,1-3H3,(H2,35,41)(H,38,40)/t32-,33-/m0/s1. The van der Waals surface area contributed by atoms with Crippen LogP contribution in [0.15, 0.2) is 60.9 Å². The van der Waals surface area contributed by atoms with E-state index in [0.717, 1.165) is 24.0 Å². The third kappa shape index (κ3) is 5.58. The number of benzene rings is 2. The third-order valence-electron chi connectivity index (χ3n) is 8.03. The summed E-state index contributed by atoms with van der Waals surface area (Å²) in [6.07, 6.45) is 5.40. The number of nitrogens with zero attached hydrogens (tertiary/aromatic N) is 3. The second-order valence-electron chi connectivity index (χ2n) is 11.7. The summed E-state index contributed by atoms with van der Waals surface area (Å²) in [7, 11) is 0. The highest BCUT2D eigenvalue weighted by Gasteiger charge is 2.45. The van der Waals surface area contributed by atoms with Crippen LogP contribution in [0.4, 0.5) is 4.39 Å². The van der Waals surface area contributed by atoms with Gasteiger partial charge in [-0.2, -0.15) is 0 Å². The SMILES string of the molecule is Cc1ncc(-c2ccc(C(=O)NC[C@](C)(O)c3cc4c(c(-c5ccc(F)cc5)n3)OC[C@]4(C)C(N)=O)cc2OC2CC2)cn1. The zero-order chi connectivity index (χ0) is 31.2. The molecule has 44 heavy (non-hydrogen) atoms. The van der Waals surface area contributed by atoms with Crippen LogP contribution in [0.5, 0.6) is 11.5 Å². The van der Waals surface area contributed by atoms with Gasteiger partial charge in [0.25, 0.3) is 5.91 Å². The Morgan fingerprint density at radius 1 is 1.14 bits per heavy atom. The smallest absolute Gasteiger partial charge is 0.251 e. The fourth-order valence-corrected chi connectivity index (χ4v) is 5.01. The first-order chi connectivity index (χ1) is 20.9. The van der Waals surface area contributed by atoms with Crippen LogP contribution in [0.2, 0.25) is 0 Å². The Bertz CT molecular complexity index is 1760. The van der Waals surface area contributed by atoms with Crippen molar-refractivity contribution in [1.82, 2.24) is 20.3 Å². The maximum Gasteiger partial charge on any atom is 0.251 e. The molecule has 2 aliphatic rings. The molecule has 226 valence electrons. The van der Waals surface area contributed by atoms with Gasteiger partial charge in [-0.25, -0.2) is 19.3 Å². The van der Waals surface area contributed by atoms with Gasteiger partial charge in [0, 0.05) is 40.2 Å². The summed E-state index contributed by atoms with van der Waals surface area (Å²) in [6, 6.07) is 12.4. The van der Waals surface area contributed by atoms with Crippen LogP contribution in [0.3, 0.4) is 0 Å². The molecule has 3 heterocycles. The number of aryl methyl sites for hydroxylation is 1. The average Bonchev–Trinajstić information content (AvgIpc) is 3.76. The zero-order valence-corrected chi connectivity index (χ0v) is 24.6. The largest absolute Gasteiger partial charge is 0.490 e. The molecule has 11 heteroatoms. The lowest BCUT2D eigenvalue weighted by Gasteiger charge is -2.26. The second-order valence-corrected chi connectivity index (χ2v) is 11.7. The number of fused-ring (bicyclic) bond motifs is 1. The number of nitrogens with two attached hydrogens (primary N) is 1. The molecule has 1 aliphatic carbocycles. The molecule has 0 unspecified atom stereocenters. The van der Waals surface area contributed by atoms with Crippen LogP contribution in [0.25, 0.3) is 22.4 Å². The Morgan fingerprint density at radius 3 is 2.50 bits per heavy atom. The summed E-state index contributed by atoms with van der Waals surface area (Å²) >= 11 is 0. The molecule has 2 aromatic heterocycles. The number of primary amides is 1. The first-order valence-electron chi connectivity index (χ1n) is 14.3. The van der Waals surface area contributed by atoms with Crippen molar-refractivity contribution in [3.63, 3.8) is 0 Å². The van der Waals surface area contributed by atoms with Crippen molar-refractivity contribution in [2.45, 2.75) is 50.7 Å². The van der Waals surface area contributed by atoms with Gasteiger partial charge in [-0.1, -0.05) is 0 Å². The summed E-state index contributed by atoms with van der Waals surface area (Å²) < 4.78 is 25.7. The maximum atomic E-state index is 13.7. The van der Waals surface area contributed by atoms with Crippen LogP contribution >= 0.6 is 0 Å². The number of carbonyl (C=O) groups is 2. The lowest BCUT2D eigenvalue weighted by atomic mass is 9.82. The third-order valence-corrected chi connectivity index (χ3v) is 8.03. The fraction of sp³-hybridized carbons (Fsp3) is 0.303. The Kier molecular flexibility index (Phi) is 7.28. The molecule has 6 rings (SSSR count). The lowest BCUT2D eigenvalue weighted by molar-refractivity contribution is -0.123. The van der Waals surface area contributed by atoms with Crippen LogP contribution < -0.4 is 20.5 Å². The molecule has 1 saturated carbocycles. The molecule has 4 aromatic rings. The fourth-order valence-electron chi connectivity index (χ4n) is 5.01. The second kappa shape index (κ2) is 11.0. The molecule has 0 spiro atoms.